The highest BCUT2D eigenvalue weighted by molar-refractivity contribution is 6.05. The van der Waals surface area contributed by atoms with Gasteiger partial charge in [-0.05, 0) is 47.7 Å². The molecule has 2 aromatic heterocycles. The second kappa shape index (κ2) is 7.89. The predicted octanol–water partition coefficient (Wildman–Crippen LogP) is 5.94. The van der Waals surface area contributed by atoms with Gasteiger partial charge in [0.15, 0.2) is 5.65 Å². The Hall–Kier alpha value is -4.38. The lowest BCUT2D eigenvalue weighted by atomic mass is 10.1. The Kier molecular flexibility index (Phi) is 4.69. The number of imidazole rings is 1. The normalized spacial score (nSPS) is 11.6. The first-order valence-electron chi connectivity index (χ1n) is 11.3. The maximum atomic E-state index is 11.3. The van der Waals surface area contributed by atoms with Gasteiger partial charge >= 0.3 is 0 Å². The molecule has 0 atom stereocenters. The zero-order valence-electron chi connectivity index (χ0n) is 18.7. The van der Waals surface area contributed by atoms with Gasteiger partial charge < -0.3 is 10.2 Å². The molecule has 34 heavy (non-hydrogen) atoms. The van der Waals surface area contributed by atoms with Crippen molar-refractivity contribution in [2.24, 2.45) is 0 Å². The molecule has 0 radical (unpaired) electrons. The average molecular weight is 446 g/mol. The molecule has 0 saturated carbocycles. The molecule has 4 aromatic carbocycles. The maximum absolute atomic E-state index is 11.3. The zero-order valence-corrected chi connectivity index (χ0v) is 18.7. The molecule has 6 aromatic rings. The number of fused-ring (bicyclic) bond motifs is 5. The van der Waals surface area contributed by atoms with E-state index in [4.69, 9.17) is 9.97 Å². The van der Waals surface area contributed by atoms with E-state index < -0.39 is 0 Å². The SMILES string of the molecule is Cc1ccc(Cc2nc3c(Cc4ccccc4)nc4c5ccc(O)cc5ccc4n3c2O)cc1. The highest BCUT2D eigenvalue weighted by Crippen LogP contribution is 2.33. The van der Waals surface area contributed by atoms with Crippen LogP contribution in [-0.2, 0) is 12.8 Å². The molecule has 2 N–H and O–H groups in total. The Balaban J connectivity index is 1.62. The molecule has 0 spiro atoms. The lowest BCUT2D eigenvalue weighted by molar-refractivity contribution is 0.444. The number of hydrogen-bond donors (Lipinski definition) is 2. The fourth-order valence-electron chi connectivity index (χ4n) is 4.58. The molecule has 0 fully saturated rings. The smallest absolute Gasteiger partial charge is 0.220 e. The quantitative estimate of drug-likeness (QED) is 0.330. The van der Waals surface area contributed by atoms with Crippen molar-refractivity contribution in [1.82, 2.24) is 14.4 Å². The minimum absolute atomic E-state index is 0.135. The molecule has 0 unspecified atom stereocenters. The van der Waals surface area contributed by atoms with Gasteiger partial charge in [0, 0.05) is 18.2 Å². The van der Waals surface area contributed by atoms with Crippen molar-refractivity contribution in [3.63, 3.8) is 0 Å². The maximum Gasteiger partial charge on any atom is 0.220 e. The zero-order chi connectivity index (χ0) is 23.2. The number of phenolic OH excluding ortho intramolecular Hbond substituents is 1. The molecule has 0 bridgehead atoms. The molecule has 2 heterocycles. The van der Waals surface area contributed by atoms with Crippen LogP contribution in [0.5, 0.6) is 11.6 Å². The number of aryl methyl sites for hydroxylation is 1. The van der Waals surface area contributed by atoms with Gasteiger partial charge in [-0.25, -0.2) is 9.97 Å². The highest BCUT2D eigenvalue weighted by Gasteiger charge is 2.20. The van der Waals surface area contributed by atoms with Crippen molar-refractivity contribution in [3.05, 3.63) is 113 Å². The molecule has 166 valence electrons. The van der Waals surface area contributed by atoms with Crippen LogP contribution in [-0.4, -0.2) is 24.6 Å². The van der Waals surface area contributed by atoms with Crippen LogP contribution < -0.4 is 0 Å². The van der Waals surface area contributed by atoms with Gasteiger partial charge in [0.25, 0.3) is 0 Å². The first-order valence-corrected chi connectivity index (χ1v) is 11.3. The van der Waals surface area contributed by atoms with Crippen molar-refractivity contribution in [2.45, 2.75) is 19.8 Å². The van der Waals surface area contributed by atoms with E-state index in [0.717, 1.165) is 38.6 Å². The second-order valence-electron chi connectivity index (χ2n) is 8.76. The van der Waals surface area contributed by atoms with E-state index in [1.54, 1.807) is 12.1 Å². The Morgan fingerprint density at radius 1 is 0.735 bits per heavy atom. The van der Waals surface area contributed by atoms with Crippen LogP contribution in [0.25, 0.3) is 27.5 Å². The molecular formula is C29H23N3O2. The monoisotopic (exact) mass is 445 g/mol. The summed E-state index contributed by atoms with van der Waals surface area (Å²) in [5.41, 5.74) is 7.04. The fraction of sp³-hybridized carbons (Fsp3) is 0.103. The van der Waals surface area contributed by atoms with Crippen LogP contribution in [0.3, 0.4) is 0 Å². The van der Waals surface area contributed by atoms with Crippen molar-refractivity contribution in [2.75, 3.05) is 0 Å². The Morgan fingerprint density at radius 2 is 1.47 bits per heavy atom. The molecule has 0 aliphatic rings. The van der Waals surface area contributed by atoms with Crippen LogP contribution in [0.4, 0.5) is 0 Å². The molecule has 0 amide bonds. The fourth-order valence-corrected chi connectivity index (χ4v) is 4.58. The second-order valence-corrected chi connectivity index (χ2v) is 8.76. The molecule has 0 aliphatic heterocycles. The minimum atomic E-state index is 0.135. The third-order valence-electron chi connectivity index (χ3n) is 6.33. The van der Waals surface area contributed by atoms with Crippen LogP contribution in [0.15, 0.2) is 84.9 Å². The van der Waals surface area contributed by atoms with E-state index in [-0.39, 0.29) is 11.6 Å². The molecule has 6 rings (SSSR count). The standard InChI is InChI=1S/C29H23N3O2/c1-18-7-9-20(10-8-18)16-25-29(34)32-26-14-11-21-17-22(33)12-13-23(21)27(26)30-24(28(32)31-25)15-19-5-3-2-4-6-19/h2-14,17,33-34H,15-16H2,1H3. The molecule has 5 heteroatoms. The summed E-state index contributed by atoms with van der Waals surface area (Å²) in [6, 6.07) is 27.6. The summed E-state index contributed by atoms with van der Waals surface area (Å²) in [6.45, 7) is 2.06. The van der Waals surface area contributed by atoms with Crippen LogP contribution in [0.2, 0.25) is 0 Å². The third-order valence-corrected chi connectivity index (χ3v) is 6.33. The number of aromatic hydroxyl groups is 2. The van der Waals surface area contributed by atoms with Crippen molar-refractivity contribution >= 4 is 27.5 Å². The van der Waals surface area contributed by atoms with Gasteiger partial charge in [0.05, 0.1) is 16.7 Å². The molecule has 0 saturated heterocycles. The van der Waals surface area contributed by atoms with E-state index in [2.05, 4.69) is 43.3 Å². The third kappa shape index (κ3) is 3.42. The lowest BCUT2D eigenvalue weighted by Gasteiger charge is -2.11. The van der Waals surface area contributed by atoms with Gasteiger partial charge in [-0.1, -0.05) is 66.2 Å². The summed E-state index contributed by atoms with van der Waals surface area (Å²) in [4.78, 5) is 9.93. The van der Waals surface area contributed by atoms with Gasteiger partial charge in [0.2, 0.25) is 5.88 Å². The summed E-state index contributed by atoms with van der Waals surface area (Å²) >= 11 is 0. The first-order chi connectivity index (χ1) is 16.6. The van der Waals surface area contributed by atoms with E-state index in [1.807, 2.05) is 40.8 Å². The highest BCUT2D eigenvalue weighted by atomic mass is 16.3. The van der Waals surface area contributed by atoms with Crippen LogP contribution in [0, 0.1) is 6.92 Å². The predicted molar refractivity (Wildman–Crippen MR) is 135 cm³/mol. The first kappa shape index (κ1) is 20.2. The number of rotatable bonds is 4. The van der Waals surface area contributed by atoms with Crippen molar-refractivity contribution < 1.29 is 10.2 Å². The molecule has 5 nitrogen and oxygen atoms in total. The minimum Gasteiger partial charge on any atom is -0.508 e. The Morgan fingerprint density at radius 3 is 2.26 bits per heavy atom. The summed E-state index contributed by atoms with van der Waals surface area (Å²) in [6.07, 6.45) is 1.12. The number of aromatic nitrogens is 3. The Bertz CT molecular complexity index is 1670. The summed E-state index contributed by atoms with van der Waals surface area (Å²) in [5.74, 6) is 0.346. The van der Waals surface area contributed by atoms with E-state index in [0.29, 0.717) is 24.2 Å². The van der Waals surface area contributed by atoms with Crippen molar-refractivity contribution in [3.8, 4) is 11.6 Å². The lowest BCUT2D eigenvalue weighted by Crippen LogP contribution is -2.01. The van der Waals surface area contributed by atoms with Gasteiger partial charge in [-0.15, -0.1) is 0 Å². The number of phenols is 1. The van der Waals surface area contributed by atoms with Crippen molar-refractivity contribution in [1.29, 1.82) is 0 Å². The topological polar surface area (TPSA) is 70.7 Å². The number of benzene rings is 4. The average Bonchev–Trinajstić information content (AvgIpc) is 3.17. The summed E-state index contributed by atoms with van der Waals surface area (Å²) < 4.78 is 1.82. The van der Waals surface area contributed by atoms with E-state index >= 15 is 0 Å². The summed E-state index contributed by atoms with van der Waals surface area (Å²) in [7, 11) is 0. The van der Waals surface area contributed by atoms with Gasteiger partial charge in [-0.2, -0.15) is 0 Å². The van der Waals surface area contributed by atoms with Crippen LogP contribution in [0.1, 0.15) is 28.1 Å². The van der Waals surface area contributed by atoms with Crippen LogP contribution >= 0.6 is 0 Å². The number of nitrogens with zero attached hydrogens (tertiary/aromatic N) is 3. The van der Waals surface area contributed by atoms with E-state index in [1.165, 1.54) is 5.56 Å². The van der Waals surface area contributed by atoms with Gasteiger partial charge in [-0.3, -0.25) is 4.40 Å². The summed E-state index contributed by atoms with van der Waals surface area (Å²) in [5, 5.41) is 23.1. The molecular weight excluding hydrogens is 422 g/mol. The largest absolute Gasteiger partial charge is 0.508 e. The van der Waals surface area contributed by atoms with E-state index in [9.17, 15) is 10.2 Å². The Labute approximate surface area is 196 Å². The number of hydrogen-bond acceptors (Lipinski definition) is 4. The van der Waals surface area contributed by atoms with Gasteiger partial charge in [0.1, 0.15) is 11.4 Å². The molecule has 0 aliphatic carbocycles.